The third-order valence-corrected chi connectivity index (χ3v) is 2.15. The molecule has 0 fully saturated rings. The number of aromatic hydroxyl groups is 1. The van der Waals surface area contributed by atoms with Crippen molar-refractivity contribution in [2.75, 3.05) is 0 Å². The van der Waals surface area contributed by atoms with Gasteiger partial charge in [-0.25, -0.2) is 0 Å². The summed E-state index contributed by atoms with van der Waals surface area (Å²) in [6, 6.07) is 5.11. The van der Waals surface area contributed by atoms with Crippen molar-refractivity contribution in [2.24, 2.45) is 5.16 Å². The molecule has 0 saturated heterocycles. The Balaban J connectivity index is 2.55. The number of rotatable bonds is 0. The number of hydrogen-bond acceptors (Lipinski definition) is 3. The molecule has 2 N–H and O–H groups in total. The van der Waals surface area contributed by atoms with Crippen LogP contribution in [-0.4, -0.2) is 16.0 Å². The van der Waals surface area contributed by atoms with Gasteiger partial charge in [-0.1, -0.05) is 5.16 Å². The Morgan fingerprint density at radius 2 is 2.08 bits per heavy atom. The molecule has 3 nitrogen and oxygen atoms in total. The zero-order chi connectivity index (χ0) is 8.55. The summed E-state index contributed by atoms with van der Waals surface area (Å²) in [4.78, 5) is 0. The first-order valence-electron chi connectivity index (χ1n) is 3.84. The van der Waals surface area contributed by atoms with Gasteiger partial charge in [-0.05, 0) is 36.6 Å². The van der Waals surface area contributed by atoms with Gasteiger partial charge in [0.25, 0.3) is 0 Å². The molecule has 0 atom stereocenters. The summed E-state index contributed by atoms with van der Waals surface area (Å²) >= 11 is 0. The molecule has 0 amide bonds. The lowest BCUT2D eigenvalue weighted by Gasteiger charge is -1.98. The Bertz CT molecular complexity index is 344. The van der Waals surface area contributed by atoms with E-state index >= 15 is 0 Å². The molecular weight excluding hydrogens is 154 g/mol. The maximum Gasteiger partial charge on any atom is 0.115 e. The highest BCUT2D eigenvalue weighted by Gasteiger charge is 2.17. The molecule has 0 unspecified atom stereocenters. The second-order valence-electron chi connectivity index (χ2n) is 2.89. The Kier molecular flexibility index (Phi) is 1.50. The minimum absolute atomic E-state index is 0.271. The van der Waals surface area contributed by atoms with Crippen molar-refractivity contribution < 1.29 is 10.3 Å². The van der Waals surface area contributed by atoms with E-state index in [1.807, 2.05) is 0 Å². The highest BCUT2D eigenvalue weighted by molar-refractivity contribution is 6.04. The van der Waals surface area contributed by atoms with E-state index in [0.29, 0.717) is 5.71 Å². The quantitative estimate of drug-likeness (QED) is 0.450. The fourth-order valence-electron chi connectivity index (χ4n) is 1.56. The Morgan fingerprint density at radius 1 is 1.25 bits per heavy atom. The van der Waals surface area contributed by atoms with Crippen LogP contribution in [0.1, 0.15) is 17.5 Å². The SMILES string of the molecule is O/N=C1/CCc2cc(O)ccc21. The zero-order valence-corrected chi connectivity index (χ0v) is 6.49. The second kappa shape index (κ2) is 2.52. The molecule has 1 aromatic carbocycles. The number of phenolic OH excluding ortho intramolecular Hbond substituents is 1. The fraction of sp³-hybridized carbons (Fsp3) is 0.222. The first-order valence-corrected chi connectivity index (χ1v) is 3.84. The highest BCUT2D eigenvalue weighted by atomic mass is 16.4. The fourth-order valence-corrected chi connectivity index (χ4v) is 1.56. The van der Waals surface area contributed by atoms with Gasteiger partial charge >= 0.3 is 0 Å². The smallest absolute Gasteiger partial charge is 0.115 e. The molecule has 0 bridgehead atoms. The van der Waals surface area contributed by atoms with Crippen molar-refractivity contribution in [1.82, 2.24) is 0 Å². The number of phenols is 1. The number of nitrogens with zero attached hydrogens (tertiary/aromatic N) is 1. The molecular formula is C9H9NO2. The van der Waals surface area contributed by atoms with Crippen LogP contribution in [0.25, 0.3) is 0 Å². The van der Waals surface area contributed by atoms with E-state index in [4.69, 9.17) is 10.3 Å². The maximum absolute atomic E-state index is 9.15. The van der Waals surface area contributed by atoms with Gasteiger partial charge in [0.1, 0.15) is 5.75 Å². The summed E-state index contributed by atoms with van der Waals surface area (Å²) in [6.07, 6.45) is 1.61. The summed E-state index contributed by atoms with van der Waals surface area (Å²) in [5.41, 5.74) is 2.73. The van der Waals surface area contributed by atoms with Gasteiger partial charge in [0, 0.05) is 5.56 Å². The van der Waals surface area contributed by atoms with E-state index in [1.165, 1.54) is 0 Å². The lowest BCUT2D eigenvalue weighted by Crippen LogP contribution is -1.92. The van der Waals surface area contributed by atoms with Crippen molar-refractivity contribution >= 4 is 5.71 Å². The van der Waals surface area contributed by atoms with E-state index in [-0.39, 0.29) is 5.75 Å². The van der Waals surface area contributed by atoms with Gasteiger partial charge in [-0.3, -0.25) is 0 Å². The molecule has 0 aliphatic heterocycles. The molecule has 0 aromatic heterocycles. The monoisotopic (exact) mass is 163 g/mol. The molecule has 3 heteroatoms. The van der Waals surface area contributed by atoms with Crippen molar-refractivity contribution in [1.29, 1.82) is 0 Å². The molecule has 0 heterocycles. The summed E-state index contributed by atoms with van der Waals surface area (Å²) in [5.74, 6) is 0.271. The van der Waals surface area contributed by atoms with E-state index in [9.17, 15) is 0 Å². The molecule has 2 rings (SSSR count). The Morgan fingerprint density at radius 3 is 2.83 bits per heavy atom. The van der Waals surface area contributed by atoms with Crippen LogP contribution >= 0.6 is 0 Å². The lowest BCUT2D eigenvalue weighted by atomic mass is 10.1. The average molecular weight is 163 g/mol. The van der Waals surface area contributed by atoms with Crippen LogP contribution in [0.5, 0.6) is 5.75 Å². The van der Waals surface area contributed by atoms with E-state index in [2.05, 4.69) is 5.16 Å². The molecule has 0 saturated carbocycles. The predicted octanol–water partition coefficient (Wildman–Crippen LogP) is 1.52. The normalized spacial score (nSPS) is 18.2. The molecule has 62 valence electrons. The summed E-state index contributed by atoms with van der Waals surface area (Å²) in [5, 5.41) is 21.0. The van der Waals surface area contributed by atoms with Gasteiger partial charge in [-0.2, -0.15) is 0 Å². The van der Waals surface area contributed by atoms with Gasteiger partial charge < -0.3 is 10.3 Å². The third-order valence-electron chi connectivity index (χ3n) is 2.15. The van der Waals surface area contributed by atoms with Crippen molar-refractivity contribution in [3.8, 4) is 5.75 Å². The molecule has 1 aliphatic rings. The lowest BCUT2D eigenvalue weighted by molar-refractivity contribution is 0.318. The van der Waals surface area contributed by atoms with Crippen LogP contribution in [0, 0.1) is 0 Å². The van der Waals surface area contributed by atoms with Crippen LogP contribution in [0.2, 0.25) is 0 Å². The van der Waals surface area contributed by atoms with Crippen LogP contribution < -0.4 is 0 Å². The Labute approximate surface area is 70.0 Å². The first kappa shape index (κ1) is 7.16. The summed E-state index contributed by atoms with van der Waals surface area (Å²) in [6.45, 7) is 0. The standard InChI is InChI=1S/C9H9NO2/c11-7-2-3-8-6(5-7)1-4-9(8)10-12/h2-3,5,11-12H,1,4H2/b10-9-. The number of oxime groups is 1. The third kappa shape index (κ3) is 0.942. The zero-order valence-electron chi connectivity index (χ0n) is 6.49. The van der Waals surface area contributed by atoms with Gasteiger partial charge in [0.2, 0.25) is 0 Å². The topological polar surface area (TPSA) is 52.8 Å². The number of hydrogen-bond donors (Lipinski definition) is 2. The van der Waals surface area contributed by atoms with Gasteiger partial charge in [0.05, 0.1) is 5.71 Å². The van der Waals surface area contributed by atoms with Crippen molar-refractivity contribution in [3.05, 3.63) is 29.3 Å². The highest BCUT2D eigenvalue weighted by Crippen LogP contribution is 2.25. The molecule has 1 aromatic rings. The Hall–Kier alpha value is -1.51. The first-order chi connectivity index (χ1) is 5.81. The van der Waals surface area contributed by atoms with Crippen LogP contribution in [0.3, 0.4) is 0 Å². The predicted molar refractivity (Wildman–Crippen MR) is 44.8 cm³/mol. The van der Waals surface area contributed by atoms with E-state index < -0.39 is 0 Å². The van der Waals surface area contributed by atoms with E-state index in [0.717, 1.165) is 24.0 Å². The van der Waals surface area contributed by atoms with Gasteiger partial charge in [0.15, 0.2) is 0 Å². The van der Waals surface area contributed by atoms with Crippen molar-refractivity contribution in [2.45, 2.75) is 12.8 Å². The number of benzene rings is 1. The van der Waals surface area contributed by atoms with Crippen molar-refractivity contribution in [3.63, 3.8) is 0 Å². The average Bonchev–Trinajstić information content (AvgIpc) is 2.46. The van der Waals surface area contributed by atoms with Crippen LogP contribution in [0.4, 0.5) is 0 Å². The van der Waals surface area contributed by atoms with Crippen LogP contribution in [0.15, 0.2) is 23.4 Å². The molecule has 0 radical (unpaired) electrons. The number of fused-ring (bicyclic) bond motifs is 1. The largest absolute Gasteiger partial charge is 0.508 e. The summed E-state index contributed by atoms with van der Waals surface area (Å²) in [7, 11) is 0. The maximum atomic E-state index is 9.15. The van der Waals surface area contributed by atoms with E-state index in [1.54, 1.807) is 18.2 Å². The van der Waals surface area contributed by atoms with Gasteiger partial charge in [-0.15, -0.1) is 0 Å². The molecule has 1 aliphatic carbocycles. The summed E-state index contributed by atoms with van der Waals surface area (Å²) < 4.78 is 0. The number of aryl methyl sites for hydroxylation is 1. The molecule has 12 heavy (non-hydrogen) atoms. The van der Waals surface area contributed by atoms with Crippen LogP contribution in [-0.2, 0) is 6.42 Å². The minimum Gasteiger partial charge on any atom is -0.508 e. The second-order valence-corrected chi connectivity index (χ2v) is 2.89. The minimum atomic E-state index is 0.271. The molecule has 0 spiro atoms.